The summed E-state index contributed by atoms with van der Waals surface area (Å²) in [5, 5.41) is 8.83. The predicted octanol–water partition coefficient (Wildman–Crippen LogP) is 0.580. The molecule has 0 atom stereocenters. The third kappa shape index (κ3) is 2.99. The van der Waals surface area contributed by atoms with Crippen LogP contribution in [-0.4, -0.2) is 59.5 Å². The van der Waals surface area contributed by atoms with E-state index < -0.39 is 6.61 Å². The summed E-state index contributed by atoms with van der Waals surface area (Å²) < 4.78 is 0. The Morgan fingerprint density at radius 2 is 1.70 bits per heavy atom. The Morgan fingerprint density at radius 3 is 2.25 bits per heavy atom. The number of amides is 2. The Kier molecular flexibility index (Phi) is 4.39. The molecule has 1 heterocycles. The van der Waals surface area contributed by atoms with Crippen molar-refractivity contribution in [1.82, 2.24) is 9.80 Å². The Bertz CT molecular complexity index is 520. The Balaban J connectivity index is 2.03. The summed E-state index contributed by atoms with van der Waals surface area (Å²) >= 11 is 0. The van der Waals surface area contributed by atoms with Crippen molar-refractivity contribution in [3.63, 3.8) is 0 Å². The topological polar surface area (TPSA) is 60.9 Å². The van der Waals surface area contributed by atoms with Gasteiger partial charge in [-0.05, 0) is 25.5 Å². The quantitative estimate of drug-likeness (QED) is 0.859. The van der Waals surface area contributed by atoms with E-state index in [0.717, 1.165) is 16.7 Å². The molecule has 1 aliphatic rings. The second-order valence-electron chi connectivity index (χ2n) is 5.15. The van der Waals surface area contributed by atoms with Crippen LogP contribution in [0.1, 0.15) is 21.5 Å². The van der Waals surface area contributed by atoms with Crippen molar-refractivity contribution < 1.29 is 14.7 Å². The van der Waals surface area contributed by atoms with E-state index in [9.17, 15) is 9.59 Å². The van der Waals surface area contributed by atoms with Crippen LogP contribution in [0.3, 0.4) is 0 Å². The van der Waals surface area contributed by atoms with E-state index in [0.29, 0.717) is 26.2 Å². The summed E-state index contributed by atoms with van der Waals surface area (Å²) in [6.07, 6.45) is 0. The molecule has 0 aromatic heterocycles. The fourth-order valence-electron chi connectivity index (χ4n) is 2.48. The smallest absolute Gasteiger partial charge is 0.254 e. The minimum Gasteiger partial charge on any atom is -0.387 e. The number of aliphatic hydroxyl groups is 1. The number of aliphatic hydroxyl groups excluding tert-OH is 1. The number of aryl methyl sites for hydroxylation is 2. The molecule has 20 heavy (non-hydrogen) atoms. The van der Waals surface area contributed by atoms with Crippen molar-refractivity contribution >= 4 is 11.8 Å². The summed E-state index contributed by atoms with van der Waals surface area (Å²) in [7, 11) is 0. The second-order valence-corrected chi connectivity index (χ2v) is 5.15. The maximum absolute atomic E-state index is 12.5. The van der Waals surface area contributed by atoms with Crippen molar-refractivity contribution in [2.24, 2.45) is 0 Å². The number of carbonyl (C=O) groups excluding carboxylic acids is 2. The Morgan fingerprint density at radius 1 is 1.10 bits per heavy atom. The van der Waals surface area contributed by atoms with Crippen LogP contribution in [0.2, 0.25) is 0 Å². The lowest BCUT2D eigenvalue weighted by Gasteiger charge is -2.34. The van der Waals surface area contributed by atoms with Crippen molar-refractivity contribution in [3.05, 3.63) is 34.9 Å². The van der Waals surface area contributed by atoms with Gasteiger partial charge in [0.05, 0.1) is 0 Å². The lowest BCUT2D eigenvalue weighted by Crippen LogP contribution is -2.51. The summed E-state index contributed by atoms with van der Waals surface area (Å²) in [6, 6.07) is 5.79. The van der Waals surface area contributed by atoms with Crippen LogP contribution in [0.25, 0.3) is 0 Å². The largest absolute Gasteiger partial charge is 0.387 e. The number of piperazine rings is 1. The van der Waals surface area contributed by atoms with Gasteiger partial charge in [0.1, 0.15) is 6.61 Å². The van der Waals surface area contributed by atoms with E-state index in [4.69, 9.17) is 5.11 Å². The maximum atomic E-state index is 12.5. The molecule has 0 aliphatic carbocycles. The van der Waals surface area contributed by atoms with E-state index in [1.807, 2.05) is 32.0 Å². The second kappa shape index (κ2) is 6.05. The van der Waals surface area contributed by atoms with Gasteiger partial charge in [-0.1, -0.05) is 17.7 Å². The standard InChI is InChI=1S/C15H20N2O3/c1-11-3-4-13(12(2)9-11)15(20)17-7-5-16(6-8-17)14(19)10-18/h3-4,9,18H,5-8,10H2,1-2H3. The third-order valence-corrected chi connectivity index (χ3v) is 3.67. The molecule has 1 saturated heterocycles. The SMILES string of the molecule is Cc1ccc(C(=O)N2CCN(C(=O)CO)CC2)c(C)c1. The first-order valence-electron chi connectivity index (χ1n) is 6.78. The summed E-state index contributed by atoms with van der Waals surface area (Å²) in [4.78, 5) is 27.2. The van der Waals surface area contributed by atoms with E-state index in [-0.39, 0.29) is 11.8 Å². The average molecular weight is 276 g/mol. The number of nitrogens with zero attached hydrogens (tertiary/aromatic N) is 2. The average Bonchev–Trinajstić information content (AvgIpc) is 2.46. The molecule has 0 bridgehead atoms. The molecule has 1 fully saturated rings. The first kappa shape index (κ1) is 14.5. The van der Waals surface area contributed by atoms with Gasteiger partial charge in [-0.2, -0.15) is 0 Å². The molecule has 5 nitrogen and oxygen atoms in total. The molecule has 0 saturated carbocycles. The van der Waals surface area contributed by atoms with Gasteiger partial charge in [0.2, 0.25) is 5.91 Å². The zero-order valence-corrected chi connectivity index (χ0v) is 11.9. The van der Waals surface area contributed by atoms with Gasteiger partial charge in [0.15, 0.2) is 0 Å². The molecule has 2 rings (SSSR count). The van der Waals surface area contributed by atoms with Gasteiger partial charge in [-0.3, -0.25) is 9.59 Å². The fourth-order valence-corrected chi connectivity index (χ4v) is 2.48. The van der Waals surface area contributed by atoms with Gasteiger partial charge < -0.3 is 14.9 Å². The highest BCUT2D eigenvalue weighted by Crippen LogP contribution is 2.14. The maximum Gasteiger partial charge on any atom is 0.254 e. The van der Waals surface area contributed by atoms with Crippen LogP contribution in [0, 0.1) is 13.8 Å². The van der Waals surface area contributed by atoms with E-state index >= 15 is 0 Å². The predicted molar refractivity (Wildman–Crippen MR) is 75.5 cm³/mol. The van der Waals surface area contributed by atoms with E-state index in [2.05, 4.69) is 0 Å². The normalized spacial score (nSPS) is 15.3. The molecular formula is C15H20N2O3. The number of benzene rings is 1. The zero-order valence-electron chi connectivity index (χ0n) is 11.9. The molecule has 108 valence electrons. The first-order valence-corrected chi connectivity index (χ1v) is 6.78. The molecule has 0 unspecified atom stereocenters. The van der Waals surface area contributed by atoms with Crippen molar-refractivity contribution in [2.45, 2.75) is 13.8 Å². The molecule has 0 spiro atoms. The molecule has 1 aromatic rings. The molecule has 2 amide bonds. The van der Waals surface area contributed by atoms with Crippen molar-refractivity contribution in [1.29, 1.82) is 0 Å². The number of carbonyl (C=O) groups is 2. The Hall–Kier alpha value is -1.88. The molecule has 1 N–H and O–H groups in total. The van der Waals surface area contributed by atoms with Gasteiger partial charge in [0, 0.05) is 31.7 Å². The minimum atomic E-state index is -0.467. The van der Waals surface area contributed by atoms with Crippen LogP contribution >= 0.6 is 0 Å². The van der Waals surface area contributed by atoms with Crippen molar-refractivity contribution in [3.8, 4) is 0 Å². The highest BCUT2D eigenvalue weighted by molar-refractivity contribution is 5.95. The Labute approximate surface area is 118 Å². The highest BCUT2D eigenvalue weighted by atomic mass is 16.3. The third-order valence-electron chi connectivity index (χ3n) is 3.67. The van der Waals surface area contributed by atoms with Gasteiger partial charge in [-0.25, -0.2) is 0 Å². The van der Waals surface area contributed by atoms with E-state index in [1.165, 1.54) is 0 Å². The van der Waals surface area contributed by atoms with Crippen LogP contribution in [-0.2, 0) is 4.79 Å². The molecule has 1 aliphatic heterocycles. The summed E-state index contributed by atoms with van der Waals surface area (Å²) in [6.45, 7) is 5.46. The van der Waals surface area contributed by atoms with E-state index in [1.54, 1.807) is 9.80 Å². The number of hydrogen-bond acceptors (Lipinski definition) is 3. The van der Waals surface area contributed by atoms with Crippen LogP contribution in [0.5, 0.6) is 0 Å². The molecule has 1 aromatic carbocycles. The summed E-state index contributed by atoms with van der Waals surface area (Å²) in [5.74, 6) is -0.262. The molecule has 0 radical (unpaired) electrons. The zero-order chi connectivity index (χ0) is 14.7. The monoisotopic (exact) mass is 276 g/mol. The molecular weight excluding hydrogens is 256 g/mol. The van der Waals surface area contributed by atoms with Crippen LogP contribution in [0.4, 0.5) is 0 Å². The van der Waals surface area contributed by atoms with Crippen molar-refractivity contribution in [2.75, 3.05) is 32.8 Å². The van der Waals surface area contributed by atoms with Crippen LogP contribution in [0.15, 0.2) is 18.2 Å². The highest BCUT2D eigenvalue weighted by Gasteiger charge is 2.24. The lowest BCUT2D eigenvalue weighted by molar-refractivity contribution is -0.135. The summed E-state index contributed by atoms with van der Waals surface area (Å²) in [5.41, 5.74) is 2.83. The van der Waals surface area contributed by atoms with Crippen LogP contribution < -0.4 is 0 Å². The lowest BCUT2D eigenvalue weighted by atomic mass is 10.0. The van der Waals surface area contributed by atoms with Gasteiger partial charge in [0.25, 0.3) is 5.91 Å². The fraction of sp³-hybridized carbons (Fsp3) is 0.467. The van der Waals surface area contributed by atoms with Gasteiger partial charge in [-0.15, -0.1) is 0 Å². The number of rotatable bonds is 2. The first-order chi connectivity index (χ1) is 9.52. The van der Waals surface area contributed by atoms with Gasteiger partial charge >= 0.3 is 0 Å². The minimum absolute atomic E-state index is 0.0126. The molecule has 5 heteroatoms. The number of hydrogen-bond donors (Lipinski definition) is 1.